The Kier molecular flexibility index (Phi) is 4.92. The molecule has 3 aromatic rings. The third-order valence-corrected chi connectivity index (χ3v) is 5.04. The molecule has 0 aliphatic rings. The Morgan fingerprint density at radius 3 is 2.71 bits per heavy atom. The van der Waals surface area contributed by atoms with E-state index in [0.29, 0.717) is 24.9 Å². The van der Waals surface area contributed by atoms with Crippen LogP contribution in [-0.2, 0) is 22.2 Å². The van der Waals surface area contributed by atoms with Crippen LogP contribution < -0.4 is 4.72 Å². The fourth-order valence-electron chi connectivity index (χ4n) is 2.51. The van der Waals surface area contributed by atoms with Crippen LogP contribution in [0.3, 0.4) is 0 Å². The SMILES string of the molecule is O=S(=O)(Cc1ccc(F)cc1)NCCCc1ncc2ccccn12. The molecular formula is C17H18FN3O2S. The minimum Gasteiger partial charge on any atom is -0.304 e. The first-order chi connectivity index (χ1) is 11.5. The largest absolute Gasteiger partial charge is 0.304 e. The van der Waals surface area contributed by atoms with Gasteiger partial charge in [-0.15, -0.1) is 0 Å². The molecule has 0 saturated carbocycles. The predicted molar refractivity (Wildman–Crippen MR) is 90.5 cm³/mol. The first-order valence-electron chi connectivity index (χ1n) is 7.66. The van der Waals surface area contributed by atoms with Crippen molar-refractivity contribution >= 4 is 15.5 Å². The van der Waals surface area contributed by atoms with Crippen molar-refractivity contribution in [3.05, 3.63) is 72.1 Å². The molecule has 0 spiro atoms. The van der Waals surface area contributed by atoms with Gasteiger partial charge in [0.2, 0.25) is 10.0 Å². The monoisotopic (exact) mass is 347 g/mol. The molecule has 126 valence electrons. The van der Waals surface area contributed by atoms with Gasteiger partial charge in [0.25, 0.3) is 0 Å². The van der Waals surface area contributed by atoms with Crippen molar-refractivity contribution < 1.29 is 12.8 Å². The van der Waals surface area contributed by atoms with Crippen molar-refractivity contribution in [2.24, 2.45) is 0 Å². The first-order valence-corrected chi connectivity index (χ1v) is 9.31. The number of halogens is 1. The lowest BCUT2D eigenvalue weighted by Gasteiger charge is -2.07. The molecule has 3 rings (SSSR count). The second kappa shape index (κ2) is 7.11. The number of aryl methyl sites for hydroxylation is 1. The second-order valence-corrected chi connectivity index (χ2v) is 7.36. The van der Waals surface area contributed by atoms with Crippen LogP contribution in [0.5, 0.6) is 0 Å². The van der Waals surface area contributed by atoms with Gasteiger partial charge in [-0.2, -0.15) is 0 Å². The summed E-state index contributed by atoms with van der Waals surface area (Å²) in [6, 6.07) is 11.3. The number of hydrogen-bond donors (Lipinski definition) is 1. The smallest absolute Gasteiger partial charge is 0.215 e. The topological polar surface area (TPSA) is 63.5 Å². The molecule has 0 atom stereocenters. The second-order valence-electron chi connectivity index (χ2n) is 5.55. The highest BCUT2D eigenvalue weighted by atomic mass is 32.2. The summed E-state index contributed by atoms with van der Waals surface area (Å²) in [4.78, 5) is 4.36. The lowest BCUT2D eigenvalue weighted by molar-refractivity contribution is 0.577. The van der Waals surface area contributed by atoms with E-state index in [-0.39, 0.29) is 11.6 Å². The van der Waals surface area contributed by atoms with Crippen molar-refractivity contribution in [3.8, 4) is 0 Å². The molecular weight excluding hydrogens is 329 g/mol. The van der Waals surface area contributed by atoms with Gasteiger partial charge in [0.05, 0.1) is 17.5 Å². The highest BCUT2D eigenvalue weighted by Gasteiger charge is 2.11. The number of imidazole rings is 1. The van der Waals surface area contributed by atoms with Gasteiger partial charge in [-0.25, -0.2) is 22.5 Å². The van der Waals surface area contributed by atoms with E-state index in [9.17, 15) is 12.8 Å². The first kappa shape index (κ1) is 16.6. The van der Waals surface area contributed by atoms with Crippen LogP contribution in [0.4, 0.5) is 4.39 Å². The maximum Gasteiger partial charge on any atom is 0.215 e. The molecule has 0 aliphatic carbocycles. The zero-order valence-corrected chi connectivity index (χ0v) is 13.8. The zero-order chi connectivity index (χ0) is 17.0. The number of nitrogens with zero attached hydrogens (tertiary/aromatic N) is 2. The van der Waals surface area contributed by atoms with Crippen LogP contribution in [-0.4, -0.2) is 24.3 Å². The van der Waals surface area contributed by atoms with Crippen molar-refractivity contribution in [2.75, 3.05) is 6.54 Å². The summed E-state index contributed by atoms with van der Waals surface area (Å²) >= 11 is 0. The molecule has 24 heavy (non-hydrogen) atoms. The summed E-state index contributed by atoms with van der Waals surface area (Å²) < 4.78 is 41.5. The van der Waals surface area contributed by atoms with Crippen LogP contribution >= 0.6 is 0 Å². The van der Waals surface area contributed by atoms with E-state index in [0.717, 1.165) is 11.3 Å². The molecule has 0 radical (unpaired) electrons. The Labute approximate surface area is 140 Å². The van der Waals surface area contributed by atoms with Crippen molar-refractivity contribution in [2.45, 2.75) is 18.6 Å². The zero-order valence-electron chi connectivity index (χ0n) is 13.0. The predicted octanol–water partition coefficient (Wildman–Crippen LogP) is 2.53. The molecule has 0 saturated heterocycles. The Bertz CT molecular complexity index is 920. The minimum absolute atomic E-state index is 0.153. The van der Waals surface area contributed by atoms with Gasteiger partial charge < -0.3 is 4.40 Å². The van der Waals surface area contributed by atoms with Crippen LogP contribution in [0.2, 0.25) is 0 Å². The summed E-state index contributed by atoms with van der Waals surface area (Å²) in [7, 11) is -3.43. The van der Waals surface area contributed by atoms with Crippen LogP contribution in [0, 0.1) is 5.82 Å². The quantitative estimate of drug-likeness (QED) is 0.668. The van der Waals surface area contributed by atoms with E-state index in [1.54, 1.807) is 6.20 Å². The molecule has 5 nitrogen and oxygen atoms in total. The van der Waals surface area contributed by atoms with E-state index in [1.807, 2.05) is 28.8 Å². The molecule has 2 heterocycles. The Morgan fingerprint density at radius 2 is 1.92 bits per heavy atom. The molecule has 2 aromatic heterocycles. The number of nitrogens with one attached hydrogen (secondary N) is 1. The van der Waals surface area contributed by atoms with Crippen LogP contribution in [0.15, 0.2) is 54.9 Å². The van der Waals surface area contributed by atoms with Gasteiger partial charge in [-0.3, -0.25) is 0 Å². The number of rotatable bonds is 7. The number of aromatic nitrogens is 2. The van der Waals surface area contributed by atoms with Crippen molar-refractivity contribution in [1.29, 1.82) is 0 Å². The number of pyridine rings is 1. The van der Waals surface area contributed by atoms with Crippen molar-refractivity contribution in [3.63, 3.8) is 0 Å². The highest BCUT2D eigenvalue weighted by Crippen LogP contribution is 2.09. The molecule has 0 bridgehead atoms. The average Bonchev–Trinajstić information content (AvgIpc) is 2.97. The van der Waals surface area contributed by atoms with Crippen molar-refractivity contribution in [1.82, 2.24) is 14.1 Å². The molecule has 1 N–H and O–H groups in total. The van der Waals surface area contributed by atoms with E-state index in [4.69, 9.17) is 0 Å². The van der Waals surface area contributed by atoms with Gasteiger partial charge in [-0.1, -0.05) is 18.2 Å². The van der Waals surface area contributed by atoms with Gasteiger partial charge in [0.15, 0.2) is 0 Å². The fourth-order valence-corrected chi connectivity index (χ4v) is 3.70. The van der Waals surface area contributed by atoms with Gasteiger partial charge in [-0.05, 0) is 36.2 Å². The lowest BCUT2D eigenvalue weighted by atomic mass is 10.2. The Balaban J connectivity index is 1.51. The highest BCUT2D eigenvalue weighted by molar-refractivity contribution is 7.88. The fraction of sp³-hybridized carbons (Fsp3) is 0.235. The molecule has 0 amide bonds. The van der Waals surface area contributed by atoms with E-state index in [1.165, 1.54) is 24.3 Å². The lowest BCUT2D eigenvalue weighted by Crippen LogP contribution is -2.26. The Morgan fingerprint density at radius 1 is 1.12 bits per heavy atom. The third kappa shape index (κ3) is 4.18. The van der Waals surface area contributed by atoms with Crippen LogP contribution in [0.25, 0.3) is 5.52 Å². The molecule has 7 heteroatoms. The summed E-state index contributed by atoms with van der Waals surface area (Å²) in [6.45, 7) is 0.339. The van der Waals surface area contributed by atoms with Gasteiger partial charge in [0.1, 0.15) is 11.6 Å². The molecule has 1 aromatic carbocycles. The molecule has 0 fully saturated rings. The van der Waals surface area contributed by atoms with Crippen LogP contribution in [0.1, 0.15) is 17.8 Å². The number of benzene rings is 1. The summed E-state index contributed by atoms with van der Waals surface area (Å²) in [5, 5.41) is 0. The number of hydrogen-bond acceptors (Lipinski definition) is 3. The summed E-state index contributed by atoms with van der Waals surface area (Å²) in [5.74, 6) is 0.374. The van der Waals surface area contributed by atoms with E-state index >= 15 is 0 Å². The van der Waals surface area contributed by atoms with Gasteiger partial charge in [0, 0.05) is 19.2 Å². The van der Waals surface area contributed by atoms with E-state index < -0.39 is 10.0 Å². The summed E-state index contributed by atoms with van der Waals surface area (Å²) in [5.41, 5.74) is 1.58. The number of fused-ring (bicyclic) bond motifs is 1. The maximum absolute atomic E-state index is 12.8. The molecule has 0 unspecified atom stereocenters. The standard InChI is InChI=1S/C17H18FN3O2S/c18-15-8-6-14(7-9-15)13-24(22,23)20-10-3-5-17-19-12-16-4-1-2-11-21(16)17/h1-2,4,6-9,11-12,20H,3,5,10,13H2. The van der Waals surface area contributed by atoms with E-state index in [2.05, 4.69) is 9.71 Å². The number of sulfonamides is 1. The molecule has 0 aliphatic heterocycles. The third-order valence-electron chi connectivity index (χ3n) is 3.68. The normalized spacial score (nSPS) is 11.9. The maximum atomic E-state index is 12.8. The minimum atomic E-state index is -3.43. The Hall–Kier alpha value is -2.25. The van der Waals surface area contributed by atoms with Gasteiger partial charge >= 0.3 is 0 Å². The average molecular weight is 347 g/mol. The summed E-state index contributed by atoms with van der Waals surface area (Å²) in [6.07, 6.45) is 5.07.